The van der Waals surface area contributed by atoms with Crippen molar-refractivity contribution in [2.45, 2.75) is 26.7 Å². The number of allylic oxidation sites excluding steroid dienone is 2. The quantitative estimate of drug-likeness (QED) is 0.457. The molecule has 0 saturated carbocycles. The average Bonchev–Trinajstić information content (AvgIpc) is 2.69. The number of ether oxygens (including phenoxy) is 4. The van der Waals surface area contributed by atoms with Gasteiger partial charge < -0.3 is 24.3 Å². The number of nitrogens with one attached hydrogen (secondary N) is 1. The van der Waals surface area contributed by atoms with Gasteiger partial charge in [0.2, 0.25) is 0 Å². The minimum Gasteiger partial charge on any atom is -0.437 e. The third-order valence-corrected chi connectivity index (χ3v) is 5.27. The molecule has 1 atom stereocenters. The van der Waals surface area contributed by atoms with Crippen molar-refractivity contribution in [1.82, 2.24) is 5.32 Å². The molecule has 29 heavy (non-hydrogen) atoms. The zero-order chi connectivity index (χ0) is 21.4. The highest BCUT2D eigenvalue weighted by Gasteiger charge is 2.36. The van der Waals surface area contributed by atoms with Crippen molar-refractivity contribution in [3.63, 3.8) is 0 Å². The Morgan fingerprint density at radius 3 is 2.31 bits per heavy atom. The molecule has 0 aromatic heterocycles. The first kappa shape index (κ1) is 23.0. The normalized spacial score (nSPS) is 16.2. The second kappa shape index (κ2) is 11.0. The number of methoxy groups -OCH3 is 1. The van der Waals surface area contributed by atoms with Gasteiger partial charge in [0.05, 0.1) is 18.5 Å². The molecule has 9 heteroatoms. The minimum absolute atomic E-state index is 0.222. The summed E-state index contributed by atoms with van der Waals surface area (Å²) < 4.78 is 20.7. The monoisotopic (exact) mass is 441 g/mol. The molecule has 1 aromatic rings. The van der Waals surface area contributed by atoms with Crippen molar-refractivity contribution >= 4 is 35.7 Å². The van der Waals surface area contributed by atoms with Crippen LogP contribution >= 0.6 is 23.4 Å². The van der Waals surface area contributed by atoms with E-state index in [1.54, 1.807) is 49.9 Å². The van der Waals surface area contributed by atoms with E-state index in [0.29, 0.717) is 27.7 Å². The fraction of sp³-hybridized carbons (Fsp3) is 0.400. The highest BCUT2D eigenvalue weighted by molar-refractivity contribution is 7.99. The van der Waals surface area contributed by atoms with Crippen LogP contribution in [0.4, 0.5) is 9.59 Å². The van der Waals surface area contributed by atoms with Crippen molar-refractivity contribution in [3.8, 4) is 0 Å². The van der Waals surface area contributed by atoms with E-state index in [2.05, 4.69) is 10.1 Å². The number of hydrogen-bond donors (Lipinski definition) is 1. The average molecular weight is 442 g/mol. The van der Waals surface area contributed by atoms with E-state index in [1.165, 1.54) is 7.11 Å². The Morgan fingerprint density at radius 1 is 1.10 bits per heavy atom. The number of rotatable bonds is 7. The third-order valence-electron chi connectivity index (χ3n) is 4.06. The van der Waals surface area contributed by atoms with Crippen LogP contribution in [-0.2, 0) is 18.9 Å². The first-order valence-electron chi connectivity index (χ1n) is 9.00. The van der Waals surface area contributed by atoms with Gasteiger partial charge in [-0.2, -0.15) is 11.8 Å². The smallest absolute Gasteiger partial charge is 0.437 e. The minimum atomic E-state index is -0.892. The standard InChI is InChI=1S/C20H24ClNO6S/c1-5-29-11-10-26-20(24)28-18-13(3)22-12(2)17(27-19(23)25-4)16(18)14-8-6-7-9-15(14)21/h6-9,16,22H,5,10-11H2,1-4H3. The molecule has 1 aliphatic rings. The number of halogens is 1. The van der Waals surface area contributed by atoms with Crippen molar-refractivity contribution < 1.29 is 28.5 Å². The number of benzene rings is 1. The fourth-order valence-corrected chi connectivity index (χ4v) is 3.53. The number of thioether (sulfide) groups is 1. The van der Waals surface area contributed by atoms with Gasteiger partial charge in [0.25, 0.3) is 0 Å². The predicted molar refractivity (Wildman–Crippen MR) is 112 cm³/mol. The Balaban J connectivity index is 2.36. The topological polar surface area (TPSA) is 83.1 Å². The molecule has 7 nitrogen and oxygen atoms in total. The van der Waals surface area contributed by atoms with Crippen LogP contribution < -0.4 is 5.32 Å². The van der Waals surface area contributed by atoms with Crippen LogP contribution in [0.15, 0.2) is 47.2 Å². The number of hydrogen-bond acceptors (Lipinski definition) is 8. The molecule has 1 heterocycles. The van der Waals surface area contributed by atoms with Crippen LogP contribution in [0.25, 0.3) is 0 Å². The number of carbonyl (C=O) groups is 2. The Bertz CT molecular complexity index is 823. The Kier molecular flexibility index (Phi) is 8.72. The van der Waals surface area contributed by atoms with Crippen LogP contribution in [0.5, 0.6) is 0 Å². The van der Waals surface area contributed by atoms with Crippen molar-refractivity contribution in [2.24, 2.45) is 0 Å². The van der Waals surface area contributed by atoms with Crippen molar-refractivity contribution in [3.05, 3.63) is 57.8 Å². The van der Waals surface area contributed by atoms with Crippen LogP contribution in [0.2, 0.25) is 5.02 Å². The SMILES string of the molecule is CCSCCOC(=O)OC1=C(C)NC(C)=C(OC(=O)OC)C1c1ccccc1Cl. The highest BCUT2D eigenvalue weighted by Crippen LogP contribution is 2.41. The van der Waals surface area contributed by atoms with Gasteiger partial charge in [-0.1, -0.05) is 36.7 Å². The van der Waals surface area contributed by atoms with E-state index in [0.717, 1.165) is 5.75 Å². The summed E-state index contributed by atoms with van der Waals surface area (Å²) in [6, 6.07) is 7.05. The summed E-state index contributed by atoms with van der Waals surface area (Å²) in [6.07, 6.45) is -1.73. The molecule has 0 fully saturated rings. The van der Waals surface area contributed by atoms with E-state index in [1.807, 2.05) is 6.92 Å². The largest absolute Gasteiger partial charge is 0.513 e. The van der Waals surface area contributed by atoms with Crippen LogP contribution in [0.3, 0.4) is 0 Å². The molecule has 1 aliphatic heterocycles. The summed E-state index contributed by atoms with van der Waals surface area (Å²) in [5.74, 6) is 1.32. The summed E-state index contributed by atoms with van der Waals surface area (Å²) >= 11 is 8.05. The summed E-state index contributed by atoms with van der Waals surface area (Å²) in [4.78, 5) is 24.1. The highest BCUT2D eigenvalue weighted by atomic mass is 35.5. The van der Waals surface area contributed by atoms with Gasteiger partial charge >= 0.3 is 12.3 Å². The molecule has 0 aliphatic carbocycles. The van der Waals surface area contributed by atoms with E-state index in [4.69, 9.17) is 25.8 Å². The molecule has 1 N–H and O–H groups in total. The van der Waals surface area contributed by atoms with Gasteiger partial charge in [-0.3, -0.25) is 0 Å². The fourth-order valence-electron chi connectivity index (χ4n) is 2.80. The van der Waals surface area contributed by atoms with Crippen LogP contribution in [0.1, 0.15) is 32.3 Å². The summed E-state index contributed by atoms with van der Waals surface area (Å²) in [7, 11) is 1.21. The molecular weight excluding hydrogens is 418 g/mol. The molecule has 0 bridgehead atoms. The lowest BCUT2D eigenvalue weighted by Crippen LogP contribution is -2.29. The number of dihydropyridines is 1. The predicted octanol–water partition coefficient (Wildman–Crippen LogP) is 5.18. The maximum absolute atomic E-state index is 12.3. The zero-order valence-electron chi connectivity index (χ0n) is 16.7. The van der Waals surface area contributed by atoms with Gasteiger partial charge in [0.15, 0.2) is 0 Å². The van der Waals surface area contributed by atoms with Gasteiger partial charge in [0, 0.05) is 10.8 Å². The van der Waals surface area contributed by atoms with Gasteiger partial charge in [0.1, 0.15) is 24.0 Å². The molecular formula is C20H24ClNO6S. The van der Waals surface area contributed by atoms with Gasteiger partial charge in [-0.15, -0.1) is 0 Å². The van der Waals surface area contributed by atoms with E-state index in [-0.39, 0.29) is 18.1 Å². The van der Waals surface area contributed by atoms with E-state index >= 15 is 0 Å². The molecule has 2 rings (SSSR count). The lowest BCUT2D eigenvalue weighted by molar-refractivity contribution is 0.0702. The lowest BCUT2D eigenvalue weighted by atomic mass is 9.90. The molecule has 1 unspecified atom stereocenters. The van der Waals surface area contributed by atoms with Crippen LogP contribution in [0, 0.1) is 0 Å². The second-order valence-electron chi connectivity index (χ2n) is 6.01. The van der Waals surface area contributed by atoms with Gasteiger partial charge in [-0.05, 0) is 31.2 Å². The van der Waals surface area contributed by atoms with Crippen molar-refractivity contribution in [1.29, 1.82) is 0 Å². The molecule has 0 radical (unpaired) electrons. The molecule has 1 aromatic carbocycles. The Hall–Kier alpha value is -2.32. The van der Waals surface area contributed by atoms with Crippen LogP contribution in [-0.4, -0.2) is 37.5 Å². The Labute approximate surface area is 179 Å². The Morgan fingerprint density at radius 2 is 1.72 bits per heavy atom. The molecule has 158 valence electrons. The molecule has 0 amide bonds. The first-order chi connectivity index (χ1) is 13.9. The molecule has 0 saturated heterocycles. The summed E-state index contributed by atoms with van der Waals surface area (Å²) in [5.41, 5.74) is 1.75. The lowest BCUT2D eigenvalue weighted by Gasteiger charge is -2.30. The maximum Gasteiger partial charge on any atom is 0.513 e. The summed E-state index contributed by atoms with van der Waals surface area (Å²) in [5, 5.41) is 3.49. The number of carbonyl (C=O) groups excluding carboxylic acids is 2. The third kappa shape index (κ3) is 6.08. The maximum atomic E-state index is 12.3. The van der Waals surface area contributed by atoms with E-state index < -0.39 is 18.2 Å². The zero-order valence-corrected chi connectivity index (χ0v) is 18.3. The van der Waals surface area contributed by atoms with E-state index in [9.17, 15) is 9.59 Å². The first-order valence-corrected chi connectivity index (χ1v) is 10.5. The second-order valence-corrected chi connectivity index (χ2v) is 7.81. The van der Waals surface area contributed by atoms with Crippen molar-refractivity contribution in [2.75, 3.05) is 25.2 Å². The molecule has 0 spiro atoms. The van der Waals surface area contributed by atoms with Gasteiger partial charge in [-0.25, -0.2) is 9.59 Å². The summed E-state index contributed by atoms with van der Waals surface area (Å²) in [6.45, 7) is 5.74.